The van der Waals surface area contributed by atoms with Crippen LogP contribution in [0.1, 0.15) is 6.92 Å². The Kier molecular flexibility index (Phi) is 3.72. The Hall–Kier alpha value is -2.17. The van der Waals surface area contributed by atoms with Crippen molar-refractivity contribution in [1.82, 2.24) is 9.97 Å². The highest BCUT2D eigenvalue weighted by Crippen LogP contribution is 2.24. The number of nitrogens with zero attached hydrogens (tertiary/aromatic N) is 2. The van der Waals surface area contributed by atoms with Crippen LogP contribution in [-0.2, 0) is 0 Å². The molecule has 1 aromatic heterocycles. The molecule has 0 atom stereocenters. The molecule has 2 aromatic rings. The van der Waals surface area contributed by atoms with Gasteiger partial charge in [0.05, 0.1) is 12.7 Å². The maximum atomic E-state index is 13.8. The molecule has 0 unspecified atom stereocenters. The molecule has 18 heavy (non-hydrogen) atoms. The van der Waals surface area contributed by atoms with Crippen LogP contribution in [0.5, 0.6) is 5.75 Å². The lowest BCUT2D eigenvalue weighted by Crippen LogP contribution is -2.01. The number of aromatic nitrogens is 2. The first kappa shape index (κ1) is 12.3. The van der Waals surface area contributed by atoms with Crippen molar-refractivity contribution in [2.75, 3.05) is 19.0 Å². The normalized spacial score (nSPS) is 10.2. The number of nitrogens with one attached hydrogen (secondary N) is 1. The van der Waals surface area contributed by atoms with Gasteiger partial charge in [0.2, 0.25) is 0 Å². The SMILES string of the molecule is CCNc1ccnc(-c2cc(OC)ccc2F)n1. The van der Waals surface area contributed by atoms with Crippen molar-refractivity contribution >= 4 is 5.82 Å². The Morgan fingerprint density at radius 3 is 2.89 bits per heavy atom. The number of ether oxygens (including phenoxy) is 1. The van der Waals surface area contributed by atoms with Gasteiger partial charge >= 0.3 is 0 Å². The lowest BCUT2D eigenvalue weighted by atomic mass is 10.2. The first-order chi connectivity index (χ1) is 8.74. The van der Waals surface area contributed by atoms with E-state index in [1.54, 1.807) is 24.4 Å². The molecule has 0 amide bonds. The highest BCUT2D eigenvalue weighted by molar-refractivity contribution is 5.60. The minimum atomic E-state index is -0.371. The molecule has 0 spiro atoms. The van der Waals surface area contributed by atoms with E-state index in [-0.39, 0.29) is 5.82 Å². The molecule has 94 valence electrons. The molecule has 0 aliphatic carbocycles. The fourth-order valence-corrected chi connectivity index (χ4v) is 1.57. The minimum absolute atomic E-state index is 0.328. The zero-order chi connectivity index (χ0) is 13.0. The van der Waals surface area contributed by atoms with Crippen molar-refractivity contribution in [3.8, 4) is 17.1 Å². The van der Waals surface area contributed by atoms with Gasteiger partial charge in [0.25, 0.3) is 0 Å². The minimum Gasteiger partial charge on any atom is -0.497 e. The Morgan fingerprint density at radius 1 is 1.33 bits per heavy atom. The summed E-state index contributed by atoms with van der Waals surface area (Å²) in [5, 5.41) is 3.06. The zero-order valence-electron chi connectivity index (χ0n) is 10.3. The van der Waals surface area contributed by atoms with Gasteiger partial charge in [0.1, 0.15) is 17.4 Å². The third-order valence-corrected chi connectivity index (χ3v) is 2.43. The number of hydrogen-bond donors (Lipinski definition) is 1. The molecule has 4 nitrogen and oxygen atoms in total. The zero-order valence-corrected chi connectivity index (χ0v) is 10.3. The first-order valence-corrected chi connectivity index (χ1v) is 5.65. The van der Waals surface area contributed by atoms with Crippen LogP contribution in [0, 0.1) is 5.82 Å². The monoisotopic (exact) mass is 247 g/mol. The van der Waals surface area contributed by atoms with Crippen LogP contribution in [0.25, 0.3) is 11.4 Å². The van der Waals surface area contributed by atoms with Crippen LogP contribution in [0.4, 0.5) is 10.2 Å². The Labute approximate surface area is 105 Å². The van der Waals surface area contributed by atoms with Crippen LogP contribution < -0.4 is 10.1 Å². The molecular formula is C13H14FN3O. The van der Waals surface area contributed by atoms with Gasteiger partial charge in [0, 0.05) is 12.7 Å². The maximum absolute atomic E-state index is 13.8. The van der Waals surface area contributed by atoms with Gasteiger partial charge < -0.3 is 10.1 Å². The van der Waals surface area contributed by atoms with E-state index in [2.05, 4.69) is 15.3 Å². The highest BCUT2D eigenvalue weighted by atomic mass is 19.1. The largest absolute Gasteiger partial charge is 0.497 e. The molecule has 2 rings (SSSR count). The average molecular weight is 247 g/mol. The number of anilines is 1. The van der Waals surface area contributed by atoms with Crippen molar-refractivity contribution in [3.05, 3.63) is 36.3 Å². The number of halogens is 1. The lowest BCUT2D eigenvalue weighted by Gasteiger charge is -2.07. The fraction of sp³-hybridized carbons (Fsp3) is 0.231. The third-order valence-electron chi connectivity index (χ3n) is 2.43. The van der Waals surface area contributed by atoms with Crippen LogP contribution >= 0.6 is 0 Å². The molecule has 1 N–H and O–H groups in total. The predicted molar refractivity (Wildman–Crippen MR) is 68.1 cm³/mol. The molecule has 1 aromatic carbocycles. The number of methoxy groups -OCH3 is 1. The summed E-state index contributed by atoms with van der Waals surface area (Å²) < 4.78 is 18.8. The van der Waals surface area contributed by atoms with Gasteiger partial charge in [-0.25, -0.2) is 14.4 Å². The standard InChI is InChI=1S/C13H14FN3O/c1-3-15-12-6-7-16-13(17-12)10-8-9(18-2)4-5-11(10)14/h4-8H,3H2,1-2H3,(H,15,16,17). The summed E-state index contributed by atoms with van der Waals surface area (Å²) in [5.74, 6) is 1.21. The van der Waals surface area contributed by atoms with Gasteiger partial charge in [-0.15, -0.1) is 0 Å². The summed E-state index contributed by atoms with van der Waals surface area (Å²) in [5.41, 5.74) is 0.328. The lowest BCUT2D eigenvalue weighted by molar-refractivity contribution is 0.414. The van der Waals surface area contributed by atoms with Crippen molar-refractivity contribution < 1.29 is 9.13 Å². The molecule has 0 saturated carbocycles. The Balaban J connectivity index is 2.44. The Bertz CT molecular complexity index is 546. The molecule has 5 heteroatoms. The average Bonchev–Trinajstić information content (AvgIpc) is 2.40. The number of hydrogen-bond acceptors (Lipinski definition) is 4. The summed E-state index contributed by atoms with van der Waals surface area (Å²) in [4.78, 5) is 8.33. The van der Waals surface area contributed by atoms with E-state index < -0.39 is 0 Å². The van der Waals surface area contributed by atoms with E-state index in [1.165, 1.54) is 13.2 Å². The maximum Gasteiger partial charge on any atom is 0.164 e. The van der Waals surface area contributed by atoms with Crippen LogP contribution in [0.15, 0.2) is 30.5 Å². The fourth-order valence-electron chi connectivity index (χ4n) is 1.57. The van der Waals surface area contributed by atoms with E-state index in [0.29, 0.717) is 23.0 Å². The van der Waals surface area contributed by atoms with Crippen molar-refractivity contribution in [3.63, 3.8) is 0 Å². The molecule has 0 bridgehead atoms. The Morgan fingerprint density at radius 2 is 2.17 bits per heavy atom. The van der Waals surface area contributed by atoms with E-state index in [4.69, 9.17) is 4.74 Å². The number of rotatable bonds is 4. The molecular weight excluding hydrogens is 233 g/mol. The predicted octanol–water partition coefficient (Wildman–Crippen LogP) is 2.72. The second kappa shape index (κ2) is 5.44. The summed E-state index contributed by atoms with van der Waals surface area (Å²) in [6.07, 6.45) is 1.60. The van der Waals surface area contributed by atoms with Gasteiger partial charge in [-0.05, 0) is 31.2 Å². The summed E-state index contributed by atoms with van der Waals surface area (Å²) in [7, 11) is 1.53. The number of benzene rings is 1. The topological polar surface area (TPSA) is 47.0 Å². The molecule has 1 heterocycles. The quantitative estimate of drug-likeness (QED) is 0.902. The van der Waals surface area contributed by atoms with Crippen LogP contribution in [0.3, 0.4) is 0 Å². The second-order valence-corrected chi connectivity index (χ2v) is 3.64. The molecule has 0 radical (unpaired) electrons. The van der Waals surface area contributed by atoms with E-state index in [0.717, 1.165) is 6.54 Å². The summed E-state index contributed by atoms with van der Waals surface area (Å²) in [6.45, 7) is 2.71. The molecule has 0 aliphatic rings. The van der Waals surface area contributed by atoms with Crippen molar-refractivity contribution in [2.24, 2.45) is 0 Å². The van der Waals surface area contributed by atoms with Crippen LogP contribution in [0.2, 0.25) is 0 Å². The van der Waals surface area contributed by atoms with Gasteiger partial charge in [-0.3, -0.25) is 0 Å². The molecule has 0 aliphatic heterocycles. The van der Waals surface area contributed by atoms with Gasteiger partial charge in [-0.2, -0.15) is 0 Å². The molecule has 0 saturated heterocycles. The summed E-state index contributed by atoms with van der Waals surface area (Å²) in [6, 6.07) is 6.23. The first-order valence-electron chi connectivity index (χ1n) is 5.65. The highest BCUT2D eigenvalue weighted by Gasteiger charge is 2.10. The van der Waals surface area contributed by atoms with E-state index in [1.807, 2.05) is 6.92 Å². The smallest absolute Gasteiger partial charge is 0.164 e. The van der Waals surface area contributed by atoms with Crippen molar-refractivity contribution in [1.29, 1.82) is 0 Å². The third kappa shape index (κ3) is 2.56. The van der Waals surface area contributed by atoms with Crippen molar-refractivity contribution in [2.45, 2.75) is 6.92 Å². The van der Waals surface area contributed by atoms with E-state index >= 15 is 0 Å². The van der Waals surface area contributed by atoms with Gasteiger partial charge in [0.15, 0.2) is 5.82 Å². The summed E-state index contributed by atoms with van der Waals surface area (Å²) >= 11 is 0. The molecule has 0 fully saturated rings. The second-order valence-electron chi connectivity index (χ2n) is 3.64. The van der Waals surface area contributed by atoms with Gasteiger partial charge in [-0.1, -0.05) is 0 Å². The van der Waals surface area contributed by atoms with Crippen LogP contribution in [-0.4, -0.2) is 23.6 Å². The van der Waals surface area contributed by atoms with E-state index in [9.17, 15) is 4.39 Å².